The summed E-state index contributed by atoms with van der Waals surface area (Å²) >= 11 is 6.32. The van der Waals surface area contributed by atoms with Gasteiger partial charge in [-0.2, -0.15) is 0 Å². The number of hydrogen-bond acceptors (Lipinski definition) is 2. The first-order valence-electron chi connectivity index (χ1n) is 7.40. The third-order valence-corrected chi connectivity index (χ3v) is 5.03. The Labute approximate surface area is 129 Å². The number of rotatable bonds is 4. The van der Waals surface area contributed by atoms with Crippen molar-refractivity contribution in [2.45, 2.75) is 31.1 Å². The molecule has 21 heavy (non-hydrogen) atoms. The summed E-state index contributed by atoms with van der Waals surface area (Å²) in [5, 5.41) is 6.49. The van der Waals surface area contributed by atoms with Gasteiger partial charge < -0.3 is 10.6 Å². The van der Waals surface area contributed by atoms with E-state index in [1.54, 1.807) is 0 Å². The summed E-state index contributed by atoms with van der Waals surface area (Å²) in [7, 11) is 0. The number of benzene rings is 1. The van der Waals surface area contributed by atoms with Gasteiger partial charge in [-0.15, -0.1) is 0 Å². The van der Waals surface area contributed by atoms with Gasteiger partial charge in [-0.3, -0.25) is 9.59 Å². The predicted molar refractivity (Wildman–Crippen MR) is 81.1 cm³/mol. The molecule has 0 aromatic heterocycles. The number of carbonyl (C=O) groups is 2. The third-order valence-electron chi connectivity index (χ3n) is 4.71. The highest BCUT2D eigenvalue weighted by Gasteiger charge is 2.40. The maximum atomic E-state index is 12.2. The molecule has 1 heterocycles. The van der Waals surface area contributed by atoms with Crippen LogP contribution in [0.4, 0.5) is 0 Å². The monoisotopic (exact) mass is 306 g/mol. The fraction of sp³-hybridized carbons (Fsp3) is 0.500. The molecule has 112 valence electrons. The summed E-state index contributed by atoms with van der Waals surface area (Å²) in [6.45, 7) is 1.05. The first-order chi connectivity index (χ1) is 10.1. The van der Waals surface area contributed by atoms with E-state index in [-0.39, 0.29) is 23.1 Å². The van der Waals surface area contributed by atoms with Crippen molar-refractivity contribution in [1.82, 2.24) is 10.6 Å². The van der Waals surface area contributed by atoms with E-state index in [4.69, 9.17) is 11.6 Å². The lowest BCUT2D eigenvalue weighted by Gasteiger charge is -2.43. The second-order valence-electron chi connectivity index (χ2n) is 6.04. The first-order valence-corrected chi connectivity index (χ1v) is 7.78. The van der Waals surface area contributed by atoms with Crippen molar-refractivity contribution in [2.75, 3.05) is 13.1 Å². The van der Waals surface area contributed by atoms with E-state index in [0.29, 0.717) is 19.5 Å². The van der Waals surface area contributed by atoms with Crippen LogP contribution in [0, 0.1) is 5.92 Å². The minimum absolute atomic E-state index is 0.0355. The van der Waals surface area contributed by atoms with E-state index in [1.165, 1.54) is 0 Å². The van der Waals surface area contributed by atoms with Crippen LogP contribution in [0.1, 0.15) is 31.2 Å². The second kappa shape index (κ2) is 5.68. The number of nitrogens with one attached hydrogen (secondary N) is 2. The molecule has 2 amide bonds. The fourth-order valence-corrected chi connectivity index (χ4v) is 3.56. The van der Waals surface area contributed by atoms with Crippen LogP contribution in [-0.4, -0.2) is 24.9 Å². The second-order valence-corrected chi connectivity index (χ2v) is 6.44. The van der Waals surface area contributed by atoms with Crippen LogP contribution in [0.25, 0.3) is 0 Å². The standard InChI is InChI=1S/C16H19ClN2O2/c17-13-5-2-1-4-12(13)16(6-3-7-16)10-19-15(21)11-8-14(20)18-9-11/h1-2,4-5,11H,3,6-10H2,(H,18,20)(H,19,21)/t11-/m0/s1. The van der Waals surface area contributed by atoms with Gasteiger partial charge in [0, 0.05) is 29.9 Å². The Morgan fingerprint density at radius 2 is 2.14 bits per heavy atom. The lowest BCUT2D eigenvalue weighted by atomic mass is 9.64. The highest BCUT2D eigenvalue weighted by Crippen LogP contribution is 2.45. The van der Waals surface area contributed by atoms with E-state index in [2.05, 4.69) is 10.6 Å². The zero-order chi connectivity index (χ0) is 14.9. The van der Waals surface area contributed by atoms with Gasteiger partial charge in [0.05, 0.1) is 5.92 Å². The Hall–Kier alpha value is -1.55. The molecule has 0 unspecified atom stereocenters. The van der Waals surface area contributed by atoms with Crippen molar-refractivity contribution >= 4 is 23.4 Å². The maximum absolute atomic E-state index is 12.2. The summed E-state index contributed by atoms with van der Waals surface area (Å²) in [5.41, 5.74) is 1.09. The number of halogens is 1. The summed E-state index contributed by atoms with van der Waals surface area (Å²) in [5.74, 6) is -0.313. The van der Waals surface area contributed by atoms with Crippen LogP contribution in [0.15, 0.2) is 24.3 Å². The Morgan fingerprint density at radius 3 is 2.71 bits per heavy atom. The number of carbonyl (C=O) groups excluding carboxylic acids is 2. The quantitative estimate of drug-likeness (QED) is 0.894. The highest BCUT2D eigenvalue weighted by molar-refractivity contribution is 6.31. The van der Waals surface area contributed by atoms with Crippen LogP contribution < -0.4 is 10.6 Å². The third kappa shape index (κ3) is 2.77. The van der Waals surface area contributed by atoms with Gasteiger partial charge in [-0.05, 0) is 24.5 Å². The molecule has 0 radical (unpaired) electrons. The lowest BCUT2D eigenvalue weighted by molar-refractivity contribution is -0.126. The smallest absolute Gasteiger partial charge is 0.225 e. The van der Waals surface area contributed by atoms with Crippen molar-refractivity contribution in [3.63, 3.8) is 0 Å². The van der Waals surface area contributed by atoms with E-state index in [9.17, 15) is 9.59 Å². The van der Waals surface area contributed by atoms with Gasteiger partial charge in [0.25, 0.3) is 0 Å². The van der Waals surface area contributed by atoms with Gasteiger partial charge in [0.2, 0.25) is 11.8 Å². The molecular weight excluding hydrogens is 288 g/mol. The molecule has 2 N–H and O–H groups in total. The zero-order valence-electron chi connectivity index (χ0n) is 11.8. The molecule has 1 aliphatic heterocycles. The minimum atomic E-state index is -0.235. The fourth-order valence-electron chi connectivity index (χ4n) is 3.23. The number of amides is 2. The highest BCUT2D eigenvalue weighted by atomic mass is 35.5. The van der Waals surface area contributed by atoms with Gasteiger partial charge in [0.1, 0.15) is 0 Å². The normalized spacial score (nSPS) is 23.3. The molecule has 1 aliphatic carbocycles. The summed E-state index contributed by atoms with van der Waals surface area (Å²) in [6, 6.07) is 7.86. The Bertz CT molecular complexity index is 569. The average Bonchev–Trinajstić information content (AvgIpc) is 2.86. The summed E-state index contributed by atoms with van der Waals surface area (Å²) in [6.07, 6.45) is 3.53. The zero-order valence-corrected chi connectivity index (χ0v) is 12.6. The van der Waals surface area contributed by atoms with Gasteiger partial charge in [-0.1, -0.05) is 36.2 Å². The largest absolute Gasteiger partial charge is 0.355 e. The summed E-state index contributed by atoms with van der Waals surface area (Å²) < 4.78 is 0. The van der Waals surface area contributed by atoms with E-state index in [1.807, 2.05) is 24.3 Å². The van der Waals surface area contributed by atoms with Crippen molar-refractivity contribution in [3.05, 3.63) is 34.9 Å². The molecule has 5 heteroatoms. The molecule has 0 spiro atoms. The van der Waals surface area contributed by atoms with Crippen LogP contribution in [-0.2, 0) is 15.0 Å². The van der Waals surface area contributed by atoms with Crippen LogP contribution >= 0.6 is 11.6 Å². The van der Waals surface area contributed by atoms with Crippen molar-refractivity contribution in [2.24, 2.45) is 5.92 Å². The van der Waals surface area contributed by atoms with E-state index >= 15 is 0 Å². The van der Waals surface area contributed by atoms with E-state index < -0.39 is 0 Å². The molecular formula is C16H19ClN2O2. The molecule has 2 fully saturated rings. The topological polar surface area (TPSA) is 58.2 Å². The molecule has 1 saturated carbocycles. The SMILES string of the molecule is O=C1C[C@H](C(=O)NCC2(c3ccccc3Cl)CCC2)CN1. The lowest BCUT2D eigenvalue weighted by Crippen LogP contribution is -2.47. The molecule has 0 bridgehead atoms. The minimum Gasteiger partial charge on any atom is -0.355 e. The van der Waals surface area contributed by atoms with Gasteiger partial charge >= 0.3 is 0 Å². The molecule has 1 atom stereocenters. The van der Waals surface area contributed by atoms with Crippen LogP contribution in [0.3, 0.4) is 0 Å². The Balaban J connectivity index is 1.66. The Morgan fingerprint density at radius 1 is 1.38 bits per heavy atom. The molecule has 3 rings (SSSR count). The average molecular weight is 307 g/mol. The molecule has 1 saturated heterocycles. The van der Waals surface area contributed by atoms with Gasteiger partial charge in [0.15, 0.2) is 0 Å². The summed E-state index contributed by atoms with van der Waals surface area (Å²) in [4.78, 5) is 23.3. The predicted octanol–water partition coefficient (Wildman–Crippen LogP) is 2.01. The molecule has 1 aromatic carbocycles. The van der Waals surface area contributed by atoms with Crippen molar-refractivity contribution in [3.8, 4) is 0 Å². The Kier molecular flexibility index (Phi) is 3.89. The maximum Gasteiger partial charge on any atom is 0.225 e. The van der Waals surface area contributed by atoms with E-state index in [0.717, 1.165) is 29.8 Å². The number of hydrogen-bond donors (Lipinski definition) is 2. The van der Waals surface area contributed by atoms with Crippen LogP contribution in [0.2, 0.25) is 5.02 Å². The molecule has 4 nitrogen and oxygen atoms in total. The van der Waals surface area contributed by atoms with Crippen LogP contribution in [0.5, 0.6) is 0 Å². The van der Waals surface area contributed by atoms with Crippen molar-refractivity contribution in [1.29, 1.82) is 0 Å². The molecule has 2 aliphatic rings. The van der Waals surface area contributed by atoms with Crippen molar-refractivity contribution < 1.29 is 9.59 Å². The first kappa shape index (κ1) is 14.4. The van der Waals surface area contributed by atoms with Gasteiger partial charge in [-0.25, -0.2) is 0 Å². The molecule has 1 aromatic rings.